The van der Waals surface area contributed by atoms with E-state index in [4.69, 9.17) is 5.14 Å². The molecule has 1 aromatic heterocycles. The van der Waals surface area contributed by atoms with Gasteiger partial charge in [-0.3, -0.25) is 14.2 Å². The molecule has 0 aliphatic rings. The van der Waals surface area contributed by atoms with Crippen LogP contribution in [0.3, 0.4) is 0 Å². The molecule has 0 aliphatic carbocycles. The summed E-state index contributed by atoms with van der Waals surface area (Å²) in [6, 6.07) is 11.6. The molecule has 164 valence electrons. The first-order chi connectivity index (χ1) is 14.7. The molecule has 0 bridgehead atoms. The summed E-state index contributed by atoms with van der Waals surface area (Å²) in [5, 5.41) is 8.91. The number of amides is 1. The van der Waals surface area contributed by atoms with Crippen LogP contribution in [0.15, 0.2) is 57.3 Å². The first-order valence-electron chi connectivity index (χ1n) is 9.76. The highest BCUT2D eigenvalue weighted by Gasteiger charge is 2.15. The van der Waals surface area contributed by atoms with Crippen molar-refractivity contribution in [2.75, 3.05) is 11.1 Å². The maximum atomic E-state index is 12.9. The number of para-hydroxylation sites is 1. The number of thioether (sulfide) groups is 1. The fourth-order valence-electron chi connectivity index (χ4n) is 3.08. The number of unbranched alkanes of at least 4 members (excludes halogenated alkanes) is 1. The van der Waals surface area contributed by atoms with Crippen LogP contribution in [0, 0.1) is 6.92 Å². The Morgan fingerprint density at radius 3 is 2.68 bits per heavy atom. The Labute approximate surface area is 184 Å². The van der Waals surface area contributed by atoms with Crippen molar-refractivity contribution in [3.63, 3.8) is 0 Å². The molecule has 8 nitrogen and oxygen atoms in total. The fourth-order valence-corrected chi connectivity index (χ4v) is 4.72. The summed E-state index contributed by atoms with van der Waals surface area (Å²) in [5.74, 6) is -0.339. The molecular weight excluding hydrogens is 436 g/mol. The number of anilines is 1. The highest BCUT2D eigenvalue weighted by atomic mass is 32.2. The minimum absolute atomic E-state index is 0.00941. The average molecular weight is 461 g/mol. The van der Waals surface area contributed by atoms with Crippen molar-refractivity contribution in [1.82, 2.24) is 9.55 Å². The summed E-state index contributed by atoms with van der Waals surface area (Å²) in [6.07, 6.45) is 1.74. The van der Waals surface area contributed by atoms with Crippen LogP contribution in [-0.4, -0.2) is 29.6 Å². The fraction of sp³-hybridized carbons (Fsp3) is 0.286. The van der Waals surface area contributed by atoms with Crippen LogP contribution < -0.4 is 16.0 Å². The minimum Gasteiger partial charge on any atom is -0.325 e. The predicted octanol–water partition coefficient (Wildman–Crippen LogP) is 2.88. The summed E-state index contributed by atoms with van der Waals surface area (Å²) in [6.45, 7) is 4.19. The Hall–Kier alpha value is -2.69. The van der Waals surface area contributed by atoms with Crippen LogP contribution in [0.4, 0.5) is 5.69 Å². The number of rotatable bonds is 8. The third-order valence-corrected chi connectivity index (χ3v) is 6.70. The lowest BCUT2D eigenvalue weighted by atomic mass is 10.2. The summed E-state index contributed by atoms with van der Waals surface area (Å²) >= 11 is 1.16. The molecule has 31 heavy (non-hydrogen) atoms. The van der Waals surface area contributed by atoms with Crippen LogP contribution in [0.5, 0.6) is 0 Å². The molecule has 0 saturated heterocycles. The summed E-state index contributed by atoms with van der Waals surface area (Å²) in [5.41, 5.74) is 1.28. The quantitative estimate of drug-likeness (QED) is 0.393. The zero-order valence-electron chi connectivity index (χ0n) is 17.3. The predicted molar refractivity (Wildman–Crippen MR) is 123 cm³/mol. The molecule has 0 saturated carbocycles. The molecule has 2 aromatic carbocycles. The number of nitrogens with zero attached hydrogens (tertiary/aromatic N) is 2. The molecule has 0 spiro atoms. The van der Waals surface area contributed by atoms with Crippen LogP contribution in [0.2, 0.25) is 0 Å². The number of hydrogen-bond acceptors (Lipinski definition) is 6. The first kappa shape index (κ1) is 23.0. The molecule has 0 atom stereocenters. The molecular formula is C21H24N4O4S2. The van der Waals surface area contributed by atoms with Crippen molar-refractivity contribution in [3.8, 4) is 0 Å². The molecule has 1 amide bonds. The van der Waals surface area contributed by atoms with Gasteiger partial charge < -0.3 is 5.32 Å². The molecule has 3 aromatic rings. The van der Waals surface area contributed by atoms with Gasteiger partial charge in [-0.25, -0.2) is 18.5 Å². The molecule has 0 fully saturated rings. The Bertz CT molecular complexity index is 1290. The highest BCUT2D eigenvalue weighted by molar-refractivity contribution is 7.99. The molecule has 10 heteroatoms. The Morgan fingerprint density at radius 2 is 1.97 bits per heavy atom. The molecule has 3 N–H and O–H groups in total. The van der Waals surface area contributed by atoms with Crippen molar-refractivity contribution in [1.29, 1.82) is 0 Å². The molecule has 0 radical (unpaired) electrons. The Morgan fingerprint density at radius 1 is 1.23 bits per heavy atom. The molecule has 3 rings (SSSR count). The number of primary sulfonamides is 1. The average Bonchev–Trinajstić information content (AvgIpc) is 2.72. The largest absolute Gasteiger partial charge is 0.325 e. The van der Waals surface area contributed by atoms with Gasteiger partial charge in [0.1, 0.15) is 0 Å². The number of sulfonamides is 1. The van der Waals surface area contributed by atoms with Crippen molar-refractivity contribution in [2.45, 2.75) is 43.3 Å². The van der Waals surface area contributed by atoms with Gasteiger partial charge in [0, 0.05) is 12.2 Å². The van der Waals surface area contributed by atoms with Gasteiger partial charge in [-0.1, -0.05) is 43.3 Å². The molecule has 0 aliphatic heterocycles. The number of aryl methyl sites for hydroxylation is 1. The van der Waals surface area contributed by atoms with E-state index >= 15 is 0 Å². The van der Waals surface area contributed by atoms with Crippen LogP contribution in [0.25, 0.3) is 10.9 Å². The number of carbonyl (C=O) groups excluding carboxylic acids is 1. The van der Waals surface area contributed by atoms with Crippen molar-refractivity contribution in [2.24, 2.45) is 5.14 Å². The van der Waals surface area contributed by atoms with Crippen molar-refractivity contribution < 1.29 is 13.2 Å². The maximum Gasteiger partial charge on any atom is 0.262 e. The monoisotopic (exact) mass is 460 g/mol. The van der Waals surface area contributed by atoms with Gasteiger partial charge in [0.25, 0.3) is 5.56 Å². The zero-order valence-corrected chi connectivity index (χ0v) is 18.9. The normalized spacial score (nSPS) is 11.6. The van der Waals surface area contributed by atoms with Gasteiger partial charge in [0.15, 0.2) is 5.16 Å². The standard InChI is InChI=1S/C21H24N4O4S2/c1-3-4-11-25-20(27)16-7-5-6-8-17(16)24-21(25)30-13-19(26)23-15-10-9-14(2)18(12-15)31(22,28)29/h5-10,12H,3-4,11,13H2,1-2H3,(H,23,26)(H2,22,28,29). The van der Waals surface area contributed by atoms with E-state index in [2.05, 4.69) is 10.3 Å². The summed E-state index contributed by atoms with van der Waals surface area (Å²) in [7, 11) is -3.89. The van der Waals surface area contributed by atoms with Gasteiger partial charge in [0.05, 0.1) is 21.6 Å². The van der Waals surface area contributed by atoms with E-state index in [-0.39, 0.29) is 22.1 Å². The second-order valence-corrected chi connectivity index (χ2v) is 9.56. The number of nitrogens with one attached hydrogen (secondary N) is 1. The van der Waals surface area contributed by atoms with E-state index in [1.54, 1.807) is 41.8 Å². The van der Waals surface area contributed by atoms with Crippen LogP contribution >= 0.6 is 11.8 Å². The second-order valence-electron chi connectivity index (χ2n) is 7.08. The number of hydrogen-bond donors (Lipinski definition) is 2. The van der Waals surface area contributed by atoms with E-state index in [0.717, 1.165) is 24.6 Å². The molecule has 1 heterocycles. The number of fused-ring (bicyclic) bond motifs is 1. The van der Waals surface area contributed by atoms with E-state index in [1.807, 2.05) is 13.0 Å². The van der Waals surface area contributed by atoms with Gasteiger partial charge in [-0.05, 0) is 43.2 Å². The minimum atomic E-state index is -3.89. The van der Waals surface area contributed by atoms with Gasteiger partial charge >= 0.3 is 0 Å². The first-order valence-corrected chi connectivity index (χ1v) is 12.3. The third kappa shape index (κ3) is 5.52. The topological polar surface area (TPSA) is 124 Å². The van der Waals surface area contributed by atoms with Gasteiger partial charge in [-0.15, -0.1) is 0 Å². The lowest BCUT2D eigenvalue weighted by molar-refractivity contribution is -0.113. The Balaban J connectivity index is 1.81. The third-order valence-electron chi connectivity index (χ3n) is 4.67. The van der Waals surface area contributed by atoms with Crippen LogP contribution in [-0.2, 0) is 21.4 Å². The Kier molecular flexibility index (Phi) is 7.14. The SMILES string of the molecule is CCCCn1c(SCC(=O)Nc2ccc(C)c(S(N)(=O)=O)c2)nc2ccccc2c1=O. The van der Waals surface area contributed by atoms with E-state index in [1.165, 1.54) is 6.07 Å². The van der Waals surface area contributed by atoms with Crippen molar-refractivity contribution >= 4 is 44.3 Å². The number of carbonyl (C=O) groups is 1. The lowest BCUT2D eigenvalue weighted by Gasteiger charge is -2.13. The number of nitrogens with two attached hydrogens (primary N) is 1. The van der Waals surface area contributed by atoms with Gasteiger partial charge in [-0.2, -0.15) is 0 Å². The van der Waals surface area contributed by atoms with Gasteiger partial charge in [0.2, 0.25) is 15.9 Å². The summed E-state index contributed by atoms with van der Waals surface area (Å²) in [4.78, 5) is 29.9. The zero-order chi connectivity index (χ0) is 22.6. The van der Waals surface area contributed by atoms with Crippen LogP contribution in [0.1, 0.15) is 25.3 Å². The van der Waals surface area contributed by atoms with E-state index in [0.29, 0.717) is 33.9 Å². The van der Waals surface area contributed by atoms with E-state index in [9.17, 15) is 18.0 Å². The lowest BCUT2D eigenvalue weighted by Crippen LogP contribution is -2.24. The molecule has 0 unspecified atom stereocenters. The van der Waals surface area contributed by atoms with E-state index < -0.39 is 10.0 Å². The summed E-state index contributed by atoms with van der Waals surface area (Å²) < 4.78 is 25.0. The number of benzene rings is 2. The van der Waals surface area contributed by atoms with Crippen molar-refractivity contribution in [3.05, 3.63) is 58.4 Å². The smallest absolute Gasteiger partial charge is 0.262 e. The second kappa shape index (κ2) is 9.63. The highest BCUT2D eigenvalue weighted by Crippen LogP contribution is 2.21. The maximum absolute atomic E-state index is 12.9. The number of aromatic nitrogens is 2.